The summed E-state index contributed by atoms with van der Waals surface area (Å²) in [6.07, 6.45) is -1.96. The van der Waals surface area contributed by atoms with E-state index in [2.05, 4.69) is 45.0 Å². The Balaban J connectivity index is 1.38. The molecule has 2 N–H and O–H groups in total. The average Bonchev–Trinajstić information content (AvgIpc) is 3.49. The van der Waals surface area contributed by atoms with Crippen LogP contribution < -0.4 is 10.4 Å². The van der Waals surface area contributed by atoms with Gasteiger partial charge in [0.1, 0.15) is 24.4 Å². The van der Waals surface area contributed by atoms with Gasteiger partial charge in [-0.05, 0) is 33.6 Å². The predicted molar refractivity (Wildman–Crippen MR) is 152 cm³/mol. The first kappa shape index (κ1) is 26.9. The zero-order valence-electron chi connectivity index (χ0n) is 21.9. The summed E-state index contributed by atoms with van der Waals surface area (Å²) in [6.45, 7) is 6.78. The molecule has 5 nitrogen and oxygen atoms in total. The minimum absolute atomic E-state index is 0.158. The molecule has 38 heavy (non-hydrogen) atoms. The van der Waals surface area contributed by atoms with Crippen molar-refractivity contribution < 1.29 is 23.8 Å². The van der Waals surface area contributed by atoms with Gasteiger partial charge in [0.25, 0.3) is 8.32 Å². The van der Waals surface area contributed by atoms with E-state index in [1.807, 2.05) is 72.8 Å². The van der Waals surface area contributed by atoms with E-state index in [1.54, 1.807) is 6.26 Å². The smallest absolute Gasteiger partial charge is 0.261 e. The number of ether oxygens (including phenoxy) is 1. The van der Waals surface area contributed by atoms with Crippen LogP contribution in [0.25, 0.3) is 0 Å². The van der Waals surface area contributed by atoms with Gasteiger partial charge in [-0.15, -0.1) is 0 Å². The highest BCUT2D eigenvalue weighted by molar-refractivity contribution is 7.99. The van der Waals surface area contributed by atoms with Crippen LogP contribution in [0.5, 0.6) is 0 Å². The molecule has 1 fully saturated rings. The van der Waals surface area contributed by atoms with Gasteiger partial charge in [0.2, 0.25) is 0 Å². The standard InChI is InChI=1S/C31H34O5SSi/c1-31(2,3)38(24-15-9-5-10-16-24,25-17-11-6-12-18-25)35-21-26-28(32)29(33)30(36-26)22-19-27(34-20-22)37-23-13-7-4-8-14-23/h4-20,26,28-30,32-33H,21H2,1-3H3/t26-,28-,29-,30+/m1/s1. The lowest BCUT2D eigenvalue weighted by Gasteiger charge is -2.43. The molecule has 1 aliphatic rings. The van der Waals surface area contributed by atoms with E-state index in [0.29, 0.717) is 10.7 Å². The molecular weight excluding hydrogens is 512 g/mol. The molecule has 0 aliphatic carbocycles. The summed E-state index contributed by atoms with van der Waals surface area (Å²) in [5.74, 6) is 0. The first-order chi connectivity index (χ1) is 18.3. The van der Waals surface area contributed by atoms with Gasteiger partial charge in [-0.25, -0.2) is 0 Å². The summed E-state index contributed by atoms with van der Waals surface area (Å²) in [5, 5.41) is 24.7. The third-order valence-electron chi connectivity index (χ3n) is 7.13. The van der Waals surface area contributed by atoms with Gasteiger partial charge in [-0.3, -0.25) is 0 Å². The summed E-state index contributed by atoms with van der Waals surface area (Å²) in [5.41, 5.74) is 0.697. The van der Waals surface area contributed by atoms with Crippen LogP contribution in [0.1, 0.15) is 32.4 Å². The molecule has 2 heterocycles. The maximum atomic E-state index is 11.0. The van der Waals surface area contributed by atoms with Crippen LogP contribution in [0, 0.1) is 0 Å². The van der Waals surface area contributed by atoms with Crippen molar-refractivity contribution in [1.29, 1.82) is 0 Å². The number of benzene rings is 3. The zero-order valence-corrected chi connectivity index (χ0v) is 23.7. The lowest BCUT2D eigenvalue weighted by atomic mass is 10.0. The van der Waals surface area contributed by atoms with Gasteiger partial charge in [-0.1, -0.05) is 111 Å². The van der Waals surface area contributed by atoms with Crippen molar-refractivity contribution in [3.63, 3.8) is 0 Å². The van der Waals surface area contributed by atoms with Gasteiger partial charge in [0, 0.05) is 10.5 Å². The van der Waals surface area contributed by atoms with Crippen LogP contribution in [0.2, 0.25) is 5.04 Å². The van der Waals surface area contributed by atoms with Crippen molar-refractivity contribution in [3.05, 3.63) is 109 Å². The lowest BCUT2D eigenvalue weighted by molar-refractivity contribution is -0.0191. The third-order valence-corrected chi connectivity index (χ3v) is 13.1. The normalized spacial score (nSPS) is 22.0. The number of aliphatic hydroxyl groups is 2. The first-order valence-electron chi connectivity index (χ1n) is 12.9. The number of aliphatic hydroxyl groups excluding tert-OH is 2. The van der Waals surface area contributed by atoms with Crippen molar-refractivity contribution in [2.75, 3.05) is 6.61 Å². The highest BCUT2D eigenvalue weighted by Crippen LogP contribution is 2.40. The molecule has 0 spiro atoms. The van der Waals surface area contributed by atoms with Gasteiger partial charge in [-0.2, -0.15) is 0 Å². The monoisotopic (exact) mass is 546 g/mol. The molecule has 198 valence electrons. The second kappa shape index (κ2) is 11.2. The fraction of sp³-hybridized carbons (Fsp3) is 0.290. The molecule has 4 aromatic rings. The number of hydrogen-bond donors (Lipinski definition) is 2. The van der Waals surface area contributed by atoms with Gasteiger partial charge in [0.05, 0.1) is 12.9 Å². The highest BCUT2D eigenvalue weighted by atomic mass is 32.2. The second-order valence-corrected chi connectivity index (χ2v) is 16.0. The van der Waals surface area contributed by atoms with Crippen molar-refractivity contribution in [2.45, 2.75) is 60.2 Å². The molecule has 4 atom stereocenters. The molecular formula is C31H34O5SSi. The summed E-state index contributed by atoms with van der Waals surface area (Å²) < 4.78 is 18.9. The van der Waals surface area contributed by atoms with E-state index in [1.165, 1.54) is 11.8 Å². The van der Waals surface area contributed by atoms with Gasteiger partial charge >= 0.3 is 0 Å². The van der Waals surface area contributed by atoms with E-state index >= 15 is 0 Å². The van der Waals surface area contributed by atoms with E-state index in [4.69, 9.17) is 13.6 Å². The maximum Gasteiger partial charge on any atom is 0.261 e. The third kappa shape index (κ3) is 5.27. The zero-order chi connectivity index (χ0) is 26.8. The quantitative estimate of drug-likeness (QED) is 0.297. The van der Waals surface area contributed by atoms with E-state index < -0.39 is 32.7 Å². The summed E-state index contributed by atoms with van der Waals surface area (Å²) in [7, 11) is -2.80. The highest BCUT2D eigenvalue weighted by Gasteiger charge is 2.52. The SMILES string of the molecule is CC(C)(C)[Si](OC[C@H]1O[C@@H](c2coc(Sc3ccccc3)c2)[C@H](O)[C@@H]1O)(c1ccccc1)c1ccccc1. The molecule has 3 aromatic carbocycles. The Hall–Kier alpha value is -2.65. The van der Waals surface area contributed by atoms with Crippen LogP contribution in [0.4, 0.5) is 0 Å². The first-order valence-corrected chi connectivity index (χ1v) is 15.6. The fourth-order valence-electron chi connectivity index (χ4n) is 5.27. The average molecular weight is 547 g/mol. The van der Waals surface area contributed by atoms with Crippen molar-refractivity contribution in [1.82, 2.24) is 0 Å². The van der Waals surface area contributed by atoms with Crippen LogP contribution in [0.15, 0.2) is 118 Å². The molecule has 0 saturated carbocycles. The van der Waals surface area contributed by atoms with Crippen molar-refractivity contribution >= 4 is 30.5 Å². The molecule has 1 aliphatic heterocycles. The minimum Gasteiger partial charge on any atom is -0.457 e. The van der Waals surface area contributed by atoms with E-state index in [0.717, 1.165) is 15.3 Å². The Morgan fingerprint density at radius 3 is 1.92 bits per heavy atom. The number of hydrogen-bond acceptors (Lipinski definition) is 6. The van der Waals surface area contributed by atoms with Crippen molar-refractivity contribution in [3.8, 4) is 0 Å². The van der Waals surface area contributed by atoms with Gasteiger partial charge < -0.3 is 23.8 Å². The largest absolute Gasteiger partial charge is 0.457 e. The van der Waals surface area contributed by atoms with Crippen LogP contribution in [-0.4, -0.2) is 43.4 Å². The Bertz CT molecular complexity index is 1270. The molecule has 7 heteroatoms. The summed E-state index contributed by atoms with van der Waals surface area (Å²) in [4.78, 5) is 1.05. The molecule has 5 rings (SSSR count). The Kier molecular flexibility index (Phi) is 7.95. The predicted octanol–water partition coefficient (Wildman–Crippen LogP) is 5.17. The van der Waals surface area contributed by atoms with Crippen LogP contribution in [0.3, 0.4) is 0 Å². The van der Waals surface area contributed by atoms with Crippen LogP contribution in [-0.2, 0) is 9.16 Å². The molecule has 1 saturated heterocycles. The van der Waals surface area contributed by atoms with E-state index in [-0.39, 0.29) is 11.6 Å². The van der Waals surface area contributed by atoms with Crippen molar-refractivity contribution in [2.24, 2.45) is 0 Å². The maximum absolute atomic E-state index is 11.0. The van der Waals surface area contributed by atoms with Gasteiger partial charge in [0.15, 0.2) is 5.09 Å². The Morgan fingerprint density at radius 1 is 0.816 bits per heavy atom. The molecule has 0 bridgehead atoms. The molecule has 1 aromatic heterocycles. The second-order valence-electron chi connectivity index (χ2n) is 10.7. The summed E-state index contributed by atoms with van der Waals surface area (Å²) in [6, 6.07) is 32.5. The fourth-order valence-corrected chi connectivity index (χ4v) is 10.7. The minimum atomic E-state index is -2.80. The summed E-state index contributed by atoms with van der Waals surface area (Å²) >= 11 is 1.50. The Morgan fingerprint density at radius 2 is 1.37 bits per heavy atom. The topological polar surface area (TPSA) is 72.1 Å². The number of furan rings is 1. The Labute approximate surface area is 229 Å². The van der Waals surface area contributed by atoms with Crippen LogP contribution >= 0.6 is 11.8 Å². The lowest BCUT2D eigenvalue weighted by Crippen LogP contribution is -2.67. The van der Waals surface area contributed by atoms with E-state index in [9.17, 15) is 10.2 Å². The number of rotatable bonds is 8. The molecule has 0 radical (unpaired) electrons. The molecule has 0 amide bonds. The molecule has 0 unspecified atom stereocenters.